The summed E-state index contributed by atoms with van der Waals surface area (Å²) in [6, 6.07) is 5.90. The van der Waals surface area contributed by atoms with Crippen LogP contribution < -0.4 is 0 Å². The highest BCUT2D eigenvalue weighted by molar-refractivity contribution is 7.89. The van der Waals surface area contributed by atoms with Crippen LogP contribution >= 0.6 is 0 Å². The van der Waals surface area contributed by atoms with Gasteiger partial charge in [-0.15, -0.1) is 0 Å². The van der Waals surface area contributed by atoms with Gasteiger partial charge in [0.2, 0.25) is 10.0 Å². The van der Waals surface area contributed by atoms with E-state index in [9.17, 15) is 13.5 Å². The number of sulfonamides is 1. The second-order valence-electron chi connectivity index (χ2n) is 8.79. The lowest BCUT2D eigenvalue weighted by Crippen LogP contribution is -2.57. The average molecular weight is 428 g/mol. The van der Waals surface area contributed by atoms with Crippen LogP contribution in [-0.2, 0) is 19.2 Å². The lowest BCUT2D eigenvalue weighted by molar-refractivity contribution is -0.0227. The molecule has 158 valence electrons. The molecule has 1 aliphatic heterocycles. The highest BCUT2D eigenvalue weighted by Gasteiger charge is 2.44. The van der Waals surface area contributed by atoms with Crippen molar-refractivity contribution >= 4 is 18.3 Å². The molecule has 1 heterocycles. The largest absolute Gasteiger partial charge is 0.415 e. The predicted molar refractivity (Wildman–Crippen MR) is 113 cm³/mol. The van der Waals surface area contributed by atoms with E-state index in [0.717, 1.165) is 5.56 Å². The van der Waals surface area contributed by atoms with Gasteiger partial charge in [0.05, 0.1) is 23.6 Å². The van der Waals surface area contributed by atoms with Gasteiger partial charge in [-0.2, -0.15) is 4.31 Å². The fraction of sp³-hybridized carbons (Fsp3) is 0.600. The summed E-state index contributed by atoms with van der Waals surface area (Å²) in [7, 11) is -4.56. The zero-order valence-electron chi connectivity index (χ0n) is 17.8. The van der Waals surface area contributed by atoms with Crippen LogP contribution in [0.5, 0.6) is 0 Å². The van der Waals surface area contributed by atoms with Crippen LogP contribution in [0, 0.1) is 6.92 Å². The van der Waals surface area contributed by atoms with Crippen molar-refractivity contribution in [1.82, 2.24) is 4.31 Å². The zero-order valence-corrected chi connectivity index (χ0v) is 19.7. The molecule has 1 aliphatic rings. The van der Waals surface area contributed by atoms with Crippen LogP contribution in [0.2, 0.25) is 18.1 Å². The van der Waals surface area contributed by atoms with Gasteiger partial charge in [-0.05, 0) is 43.3 Å². The van der Waals surface area contributed by atoms with Crippen molar-refractivity contribution in [1.29, 1.82) is 0 Å². The van der Waals surface area contributed by atoms with E-state index in [4.69, 9.17) is 9.16 Å². The van der Waals surface area contributed by atoms with Crippen LogP contribution in [0.15, 0.2) is 41.3 Å². The Labute approximate surface area is 170 Å². The molecule has 0 saturated heterocycles. The summed E-state index contributed by atoms with van der Waals surface area (Å²) < 4.78 is 39.7. The topological polar surface area (TPSA) is 76.1 Å². The molecule has 0 saturated carbocycles. The fourth-order valence-electron chi connectivity index (χ4n) is 2.77. The van der Waals surface area contributed by atoms with E-state index in [-0.39, 0.29) is 16.5 Å². The number of ether oxygens (including phenoxy) is 1. The van der Waals surface area contributed by atoms with Crippen molar-refractivity contribution in [2.75, 3.05) is 13.7 Å². The zero-order chi connectivity index (χ0) is 21.3. The first-order valence-corrected chi connectivity index (χ1v) is 13.8. The maximum Gasteiger partial charge on any atom is 0.245 e. The normalized spacial score (nSPS) is 24.5. The molecule has 0 aromatic heterocycles. The molecule has 8 heteroatoms. The number of nitrogens with zero attached hydrogens (tertiary/aromatic N) is 1. The van der Waals surface area contributed by atoms with E-state index in [1.54, 1.807) is 36.4 Å². The molecule has 1 N–H and O–H groups in total. The standard InChI is InChI=1S/C20H33NO5SSi/c1-15-8-10-16(11-9-15)27(23,24)21-17(18(22)12-13-19(21)25-5)14-26-28(6,7)20(2,3)4/h8-13,17-19,22H,14H2,1-7H3/t17-,18-,19+/m0/s1. The maximum absolute atomic E-state index is 13.4. The Bertz CT molecular complexity index is 799. The first-order chi connectivity index (χ1) is 12.8. The third-order valence-corrected chi connectivity index (χ3v) is 12.1. The molecule has 28 heavy (non-hydrogen) atoms. The number of rotatable bonds is 6. The second kappa shape index (κ2) is 8.37. The van der Waals surface area contributed by atoms with Crippen molar-refractivity contribution < 1.29 is 22.7 Å². The minimum atomic E-state index is -3.89. The van der Waals surface area contributed by atoms with Crippen molar-refractivity contribution in [3.8, 4) is 0 Å². The molecule has 0 unspecified atom stereocenters. The minimum Gasteiger partial charge on any atom is -0.415 e. The predicted octanol–water partition coefficient (Wildman–Crippen LogP) is 3.28. The number of hydrogen-bond acceptors (Lipinski definition) is 5. The highest BCUT2D eigenvalue weighted by Crippen LogP contribution is 2.37. The van der Waals surface area contributed by atoms with Gasteiger partial charge < -0.3 is 14.3 Å². The third-order valence-electron chi connectivity index (χ3n) is 5.70. The van der Waals surface area contributed by atoms with Gasteiger partial charge in [0.25, 0.3) is 0 Å². The molecular weight excluding hydrogens is 394 g/mol. The van der Waals surface area contributed by atoms with Crippen molar-refractivity contribution in [3.05, 3.63) is 42.0 Å². The van der Waals surface area contributed by atoms with E-state index in [2.05, 4.69) is 33.9 Å². The Kier molecular flexibility index (Phi) is 6.95. The average Bonchev–Trinajstić information content (AvgIpc) is 2.59. The van der Waals surface area contributed by atoms with Gasteiger partial charge in [0, 0.05) is 7.11 Å². The van der Waals surface area contributed by atoms with E-state index >= 15 is 0 Å². The van der Waals surface area contributed by atoms with Crippen LogP contribution in [-0.4, -0.2) is 58.2 Å². The molecule has 0 bridgehead atoms. The number of benzene rings is 1. The maximum atomic E-state index is 13.4. The molecule has 3 atom stereocenters. The molecule has 6 nitrogen and oxygen atoms in total. The lowest BCUT2D eigenvalue weighted by atomic mass is 10.1. The van der Waals surface area contributed by atoms with Crippen molar-refractivity contribution in [3.63, 3.8) is 0 Å². The molecule has 0 amide bonds. The molecule has 0 spiro atoms. The molecular formula is C20H33NO5SSi. The van der Waals surface area contributed by atoms with Gasteiger partial charge in [-0.25, -0.2) is 8.42 Å². The van der Waals surface area contributed by atoms with E-state index in [0.29, 0.717) is 0 Å². The Morgan fingerprint density at radius 1 is 1.14 bits per heavy atom. The summed E-state index contributed by atoms with van der Waals surface area (Å²) in [6.45, 7) is 12.6. The Hall–Kier alpha value is -1.03. The van der Waals surface area contributed by atoms with Gasteiger partial charge in [-0.1, -0.05) is 44.5 Å². The van der Waals surface area contributed by atoms with E-state index in [1.807, 2.05) is 6.92 Å². The first-order valence-electron chi connectivity index (χ1n) is 9.44. The molecule has 1 aromatic carbocycles. The van der Waals surface area contributed by atoms with Gasteiger partial charge >= 0.3 is 0 Å². The second-order valence-corrected chi connectivity index (χ2v) is 15.4. The number of aliphatic hydroxyl groups is 1. The SMILES string of the molecule is CO[C@@H]1C=C[C@H](O)[C@H](CO[Si](C)(C)C(C)(C)C)N1S(=O)(=O)c1ccc(C)cc1. The van der Waals surface area contributed by atoms with Gasteiger partial charge in [0.1, 0.15) is 6.23 Å². The Balaban J connectivity index is 2.41. The van der Waals surface area contributed by atoms with Crippen LogP contribution in [0.3, 0.4) is 0 Å². The smallest absolute Gasteiger partial charge is 0.245 e. The third kappa shape index (κ3) is 4.75. The summed E-state index contributed by atoms with van der Waals surface area (Å²) >= 11 is 0. The number of aryl methyl sites for hydroxylation is 1. The number of aliphatic hydroxyl groups excluding tert-OH is 1. The summed E-state index contributed by atoms with van der Waals surface area (Å²) in [5.41, 5.74) is 0.971. The Morgan fingerprint density at radius 3 is 2.21 bits per heavy atom. The summed E-state index contributed by atoms with van der Waals surface area (Å²) in [5.74, 6) is 0. The van der Waals surface area contributed by atoms with E-state index < -0.39 is 36.7 Å². The molecule has 1 aromatic rings. The van der Waals surface area contributed by atoms with Crippen LogP contribution in [0.25, 0.3) is 0 Å². The lowest BCUT2D eigenvalue weighted by Gasteiger charge is -2.42. The quantitative estimate of drug-likeness (QED) is 0.557. The van der Waals surface area contributed by atoms with Crippen LogP contribution in [0.1, 0.15) is 26.3 Å². The van der Waals surface area contributed by atoms with Gasteiger partial charge in [-0.3, -0.25) is 0 Å². The summed E-state index contributed by atoms with van der Waals surface area (Å²) in [6.07, 6.45) is 1.37. The van der Waals surface area contributed by atoms with Crippen molar-refractivity contribution in [2.45, 2.75) is 69.1 Å². The number of hydrogen-bond donors (Lipinski definition) is 1. The monoisotopic (exact) mass is 427 g/mol. The van der Waals surface area contributed by atoms with Gasteiger partial charge in [0.15, 0.2) is 8.32 Å². The minimum absolute atomic E-state index is 0.0240. The van der Waals surface area contributed by atoms with Crippen molar-refractivity contribution in [2.24, 2.45) is 0 Å². The fourth-order valence-corrected chi connectivity index (χ4v) is 5.49. The Morgan fingerprint density at radius 2 is 1.71 bits per heavy atom. The molecule has 0 aliphatic carbocycles. The highest BCUT2D eigenvalue weighted by atomic mass is 32.2. The summed E-state index contributed by atoms with van der Waals surface area (Å²) in [4.78, 5) is 0.167. The molecule has 0 fully saturated rings. The molecule has 0 radical (unpaired) electrons. The summed E-state index contributed by atoms with van der Waals surface area (Å²) in [5, 5.41) is 10.6. The first kappa shape index (κ1) is 23.2. The number of methoxy groups -OCH3 is 1. The van der Waals surface area contributed by atoms with E-state index in [1.165, 1.54) is 11.4 Å². The molecule has 2 rings (SSSR count). The van der Waals surface area contributed by atoms with Crippen LogP contribution in [0.4, 0.5) is 0 Å².